The van der Waals surface area contributed by atoms with Crippen LogP contribution < -0.4 is 10.2 Å². The third kappa shape index (κ3) is 2.86. The second kappa shape index (κ2) is 5.69. The first-order valence-corrected chi connectivity index (χ1v) is 7.28. The normalized spacial score (nSPS) is 19.6. The molecule has 0 unspecified atom stereocenters. The van der Waals surface area contributed by atoms with E-state index in [2.05, 4.69) is 10.2 Å². The van der Waals surface area contributed by atoms with Gasteiger partial charge in [0.15, 0.2) is 0 Å². The monoisotopic (exact) mass is 277 g/mol. The number of benzene rings is 1. The predicted molar refractivity (Wildman–Crippen MR) is 76.4 cm³/mol. The minimum atomic E-state index is -0.215. The molecule has 108 valence electrons. The summed E-state index contributed by atoms with van der Waals surface area (Å²) in [6.45, 7) is 3.03. The first kappa shape index (κ1) is 13.2. The van der Waals surface area contributed by atoms with Crippen LogP contribution in [0.3, 0.4) is 0 Å². The number of halogens is 1. The number of rotatable bonds is 2. The largest absolute Gasteiger partial charge is 0.368 e. The third-order valence-corrected chi connectivity index (χ3v) is 4.19. The Labute approximate surface area is 118 Å². The molecule has 0 radical (unpaired) electrons. The van der Waals surface area contributed by atoms with Gasteiger partial charge in [-0.25, -0.2) is 9.18 Å². The number of carbonyl (C=O) groups is 1. The number of amides is 2. The van der Waals surface area contributed by atoms with Gasteiger partial charge in [0, 0.05) is 37.9 Å². The van der Waals surface area contributed by atoms with Crippen LogP contribution in [0.5, 0.6) is 0 Å². The first-order chi connectivity index (χ1) is 9.72. The molecule has 1 aromatic carbocycles. The summed E-state index contributed by atoms with van der Waals surface area (Å²) >= 11 is 0. The maximum Gasteiger partial charge on any atom is 0.317 e. The Morgan fingerprint density at radius 3 is 2.30 bits per heavy atom. The van der Waals surface area contributed by atoms with Crippen LogP contribution in [-0.4, -0.2) is 43.2 Å². The number of piperazine rings is 1. The van der Waals surface area contributed by atoms with Crippen molar-refractivity contribution in [2.45, 2.75) is 25.3 Å². The van der Waals surface area contributed by atoms with Crippen molar-refractivity contribution < 1.29 is 9.18 Å². The fourth-order valence-corrected chi connectivity index (χ4v) is 2.64. The number of urea groups is 1. The van der Waals surface area contributed by atoms with Crippen molar-refractivity contribution in [3.8, 4) is 0 Å². The van der Waals surface area contributed by atoms with Gasteiger partial charge in [0.05, 0.1) is 0 Å². The Balaban J connectivity index is 1.51. The van der Waals surface area contributed by atoms with Crippen molar-refractivity contribution in [2.75, 3.05) is 31.1 Å². The zero-order chi connectivity index (χ0) is 13.9. The molecule has 1 aliphatic heterocycles. The SMILES string of the molecule is O=C(NC1CCC1)N1CCN(c2ccc(F)cc2)CC1. The molecule has 1 heterocycles. The second-order valence-corrected chi connectivity index (χ2v) is 5.53. The molecule has 1 N–H and O–H groups in total. The lowest BCUT2D eigenvalue weighted by Crippen LogP contribution is -2.54. The molecule has 0 spiro atoms. The molecule has 1 saturated carbocycles. The molecule has 4 nitrogen and oxygen atoms in total. The molecule has 2 aliphatic rings. The van der Waals surface area contributed by atoms with E-state index in [1.54, 1.807) is 12.1 Å². The zero-order valence-corrected chi connectivity index (χ0v) is 11.5. The van der Waals surface area contributed by atoms with Crippen LogP contribution >= 0.6 is 0 Å². The van der Waals surface area contributed by atoms with Crippen LogP contribution in [0.1, 0.15) is 19.3 Å². The maximum atomic E-state index is 12.9. The molecular formula is C15H20FN3O. The quantitative estimate of drug-likeness (QED) is 0.899. The number of nitrogens with one attached hydrogen (secondary N) is 1. The van der Waals surface area contributed by atoms with Crippen LogP contribution in [0.25, 0.3) is 0 Å². The molecule has 0 atom stereocenters. The number of hydrogen-bond donors (Lipinski definition) is 1. The predicted octanol–water partition coefficient (Wildman–Crippen LogP) is 2.21. The van der Waals surface area contributed by atoms with Gasteiger partial charge < -0.3 is 15.1 Å². The van der Waals surface area contributed by atoms with Crippen LogP contribution in [0, 0.1) is 5.82 Å². The van der Waals surface area contributed by atoms with E-state index in [1.165, 1.54) is 18.6 Å². The van der Waals surface area contributed by atoms with E-state index in [4.69, 9.17) is 0 Å². The molecule has 2 amide bonds. The maximum absolute atomic E-state index is 12.9. The summed E-state index contributed by atoms with van der Waals surface area (Å²) in [6, 6.07) is 6.99. The van der Waals surface area contributed by atoms with Crippen LogP contribution in [0.4, 0.5) is 14.9 Å². The zero-order valence-electron chi connectivity index (χ0n) is 11.5. The summed E-state index contributed by atoms with van der Waals surface area (Å²) in [5.41, 5.74) is 1.02. The highest BCUT2D eigenvalue weighted by Gasteiger charge is 2.25. The number of anilines is 1. The third-order valence-electron chi connectivity index (χ3n) is 4.19. The van der Waals surface area contributed by atoms with Crippen LogP contribution in [-0.2, 0) is 0 Å². The van der Waals surface area contributed by atoms with Crippen molar-refractivity contribution in [3.05, 3.63) is 30.1 Å². The lowest BCUT2D eigenvalue weighted by Gasteiger charge is -2.37. The standard InChI is InChI=1S/C15H20FN3O/c16-12-4-6-14(7-5-12)18-8-10-19(11-9-18)15(20)17-13-2-1-3-13/h4-7,13H,1-3,8-11H2,(H,17,20). The van der Waals surface area contributed by atoms with Gasteiger partial charge in [-0.1, -0.05) is 0 Å². The van der Waals surface area contributed by atoms with Gasteiger partial charge in [-0.2, -0.15) is 0 Å². The van der Waals surface area contributed by atoms with Crippen molar-refractivity contribution in [2.24, 2.45) is 0 Å². The smallest absolute Gasteiger partial charge is 0.317 e. The molecule has 1 aromatic rings. The van der Waals surface area contributed by atoms with E-state index in [9.17, 15) is 9.18 Å². The van der Waals surface area contributed by atoms with E-state index in [1.807, 2.05) is 4.90 Å². The highest BCUT2D eigenvalue weighted by Crippen LogP contribution is 2.19. The van der Waals surface area contributed by atoms with E-state index in [0.717, 1.165) is 44.7 Å². The fourth-order valence-electron chi connectivity index (χ4n) is 2.64. The van der Waals surface area contributed by atoms with Gasteiger partial charge in [-0.3, -0.25) is 0 Å². The molecule has 3 rings (SSSR count). The molecule has 0 aromatic heterocycles. The molecule has 5 heteroatoms. The minimum absolute atomic E-state index is 0.0634. The Hall–Kier alpha value is -1.78. The Morgan fingerprint density at radius 1 is 1.10 bits per heavy atom. The Bertz CT molecular complexity index is 465. The minimum Gasteiger partial charge on any atom is -0.368 e. The lowest BCUT2D eigenvalue weighted by molar-refractivity contribution is 0.183. The lowest BCUT2D eigenvalue weighted by atomic mass is 9.93. The van der Waals surface area contributed by atoms with Crippen molar-refractivity contribution in [3.63, 3.8) is 0 Å². The average molecular weight is 277 g/mol. The van der Waals surface area contributed by atoms with Crippen molar-refractivity contribution >= 4 is 11.7 Å². The molecule has 2 fully saturated rings. The van der Waals surface area contributed by atoms with Gasteiger partial charge >= 0.3 is 6.03 Å². The Morgan fingerprint density at radius 2 is 1.75 bits per heavy atom. The summed E-state index contributed by atoms with van der Waals surface area (Å²) in [4.78, 5) is 16.1. The van der Waals surface area contributed by atoms with Crippen molar-refractivity contribution in [1.82, 2.24) is 10.2 Å². The first-order valence-electron chi connectivity index (χ1n) is 7.28. The van der Waals surface area contributed by atoms with E-state index < -0.39 is 0 Å². The molecule has 1 aliphatic carbocycles. The molecular weight excluding hydrogens is 257 g/mol. The van der Waals surface area contributed by atoms with Gasteiger partial charge in [-0.15, -0.1) is 0 Å². The molecule has 20 heavy (non-hydrogen) atoms. The summed E-state index contributed by atoms with van der Waals surface area (Å²) < 4.78 is 12.9. The van der Waals surface area contributed by atoms with Crippen LogP contribution in [0.15, 0.2) is 24.3 Å². The Kier molecular flexibility index (Phi) is 3.76. The molecule has 1 saturated heterocycles. The van der Waals surface area contributed by atoms with E-state index in [-0.39, 0.29) is 11.8 Å². The van der Waals surface area contributed by atoms with Gasteiger partial charge in [0.25, 0.3) is 0 Å². The average Bonchev–Trinajstić information content (AvgIpc) is 2.44. The van der Waals surface area contributed by atoms with Gasteiger partial charge in [0.2, 0.25) is 0 Å². The summed E-state index contributed by atoms with van der Waals surface area (Å²) in [5.74, 6) is -0.215. The van der Waals surface area contributed by atoms with Crippen molar-refractivity contribution in [1.29, 1.82) is 0 Å². The number of carbonyl (C=O) groups excluding carboxylic acids is 1. The second-order valence-electron chi connectivity index (χ2n) is 5.53. The summed E-state index contributed by atoms with van der Waals surface area (Å²) in [6.07, 6.45) is 3.45. The highest BCUT2D eigenvalue weighted by molar-refractivity contribution is 5.75. The number of nitrogens with zero attached hydrogens (tertiary/aromatic N) is 2. The number of hydrogen-bond acceptors (Lipinski definition) is 2. The summed E-state index contributed by atoms with van der Waals surface area (Å²) in [7, 11) is 0. The highest BCUT2D eigenvalue weighted by atomic mass is 19.1. The topological polar surface area (TPSA) is 35.6 Å². The van der Waals surface area contributed by atoms with E-state index in [0.29, 0.717) is 6.04 Å². The van der Waals surface area contributed by atoms with Gasteiger partial charge in [-0.05, 0) is 43.5 Å². The fraction of sp³-hybridized carbons (Fsp3) is 0.533. The summed E-state index contributed by atoms with van der Waals surface area (Å²) in [5, 5.41) is 3.07. The van der Waals surface area contributed by atoms with E-state index >= 15 is 0 Å². The van der Waals surface area contributed by atoms with Crippen LogP contribution in [0.2, 0.25) is 0 Å². The molecule has 0 bridgehead atoms. The van der Waals surface area contributed by atoms with Gasteiger partial charge in [0.1, 0.15) is 5.82 Å².